The number of halogens is 3. The van der Waals surface area contributed by atoms with Crippen LogP contribution >= 0.6 is 0 Å². The van der Waals surface area contributed by atoms with Crippen LogP contribution in [0.2, 0.25) is 0 Å². The van der Waals surface area contributed by atoms with E-state index in [4.69, 9.17) is 0 Å². The average molecular weight is 398 g/mol. The van der Waals surface area contributed by atoms with Gasteiger partial charge in [-0.1, -0.05) is 36.4 Å². The summed E-state index contributed by atoms with van der Waals surface area (Å²) in [5.41, 5.74) is 0.742. The van der Waals surface area contributed by atoms with E-state index in [-0.39, 0.29) is 17.2 Å². The summed E-state index contributed by atoms with van der Waals surface area (Å²) in [5.74, 6) is -0.862. The molecule has 29 heavy (non-hydrogen) atoms. The van der Waals surface area contributed by atoms with Crippen molar-refractivity contribution in [1.29, 1.82) is 0 Å². The molecule has 0 aromatic heterocycles. The van der Waals surface area contributed by atoms with Crippen molar-refractivity contribution in [3.05, 3.63) is 101 Å². The molecule has 7 heteroatoms. The SMILES string of the molecule is O=C(NCc1ccccc1)c1ccc(C(=O)Nc2cccc(C(F)(F)F)c2)cc1. The van der Waals surface area contributed by atoms with Crippen molar-refractivity contribution in [3.63, 3.8) is 0 Å². The van der Waals surface area contributed by atoms with Crippen molar-refractivity contribution in [2.75, 3.05) is 5.32 Å². The van der Waals surface area contributed by atoms with Crippen LogP contribution in [-0.2, 0) is 12.7 Å². The van der Waals surface area contributed by atoms with E-state index in [0.29, 0.717) is 12.1 Å². The van der Waals surface area contributed by atoms with Crippen molar-refractivity contribution in [1.82, 2.24) is 5.32 Å². The fourth-order valence-corrected chi connectivity index (χ4v) is 2.63. The standard InChI is InChI=1S/C22H17F3N2O2/c23-22(24,25)18-7-4-8-19(13-18)27-21(29)17-11-9-16(10-12-17)20(28)26-14-15-5-2-1-3-6-15/h1-13H,14H2,(H,26,28)(H,27,29). The highest BCUT2D eigenvalue weighted by Crippen LogP contribution is 2.30. The van der Waals surface area contributed by atoms with Crippen molar-refractivity contribution in [2.24, 2.45) is 0 Å². The lowest BCUT2D eigenvalue weighted by Gasteiger charge is -2.10. The summed E-state index contributed by atoms with van der Waals surface area (Å²) in [4.78, 5) is 24.5. The molecule has 3 rings (SSSR count). The summed E-state index contributed by atoms with van der Waals surface area (Å²) in [7, 11) is 0. The Labute approximate surface area is 165 Å². The normalized spacial score (nSPS) is 11.0. The second-order valence-corrected chi connectivity index (χ2v) is 6.28. The average Bonchev–Trinajstić information content (AvgIpc) is 2.72. The summed E-state index contributed by atoms with van der Waals surface area (Å²) in [6.07, 6.45) is -4.49. The van der Waals surface area contributed by atoms with E-state index in [2.05, 4.69) is 10.6 Å². The van der Waals surface area contributed by atoms with Gasteiger partial charge in [0.1, 0.15) is 0 Å². The number of carbonyl (C=O) groups excluding carboxylic acids is 2. The van der Waals surface area contributed by atoms with Crippen LogP contribution in [0.15, 0.2) is 78.9 Å². The first-order valence-corrected chi connectivity index (χ1v) is 8.74. The Hall–Kier alpha value is -3.61. The van der Waals surface area contributed by atoms with Crippen molar-refractivity contribution < 1.29 is 22.8 Å². The van der Waals surface area contributed by atoms with E-state index in [1.54, 1.807) is 0 Å². The van der Waals surface area contributed by atoms with E-state index in [9.17, 15) is 22.8 Å². The molecular weight excluding hydrogens is 381 g/mol. The van der Waals surface area contributed by atoms with Crippen LogP contribution in [0.3, 0.4) is 0 Å². The molecule has 0 saturated heterocycles. The number of amides is 2. The molecule has 0 unspecified atom stereocenters. The fourth-order valence-electron chi connectivity index (χ4n) is 2.63. The molecule has 3 aromatic carbocycles. The van der Waals surface area contributed by atoms with Crippen LogP contribution in [0.5, 0.6) is 0 Å². The molecule has 0 aliphatic heterocycles. The smallest absolute Gasteiger partial charge is 0.348 e. The Bertz CT molecular complexity index is 1000. The number of hydrogen-bond acceptors (Lipinski definition) is 2. The molecule has 3 aromatic rings. The Kier molecular flexibility index (Phi) is 5.97. The van der Waals surface area contributed by atoms with Gasteiger partial charge in [0.2, 0.25) is 0 Å². The minimum absolute atomic E-state index is 0.0366. The molecule has 0 radical (unpaired) electrons. The van der Waals surface area contributed by atoms with Gasteiger partial charge in [0.25, 0.3) is 11.8 Å². The highest BCUT2D eigenvalue weighted by atomic mass is 19.4. The summed E-state index contributed by atoms with van der Waals surface area (Å²) >= 11 is 0. The maximum atomic E-state index is 12.8. The number of alkyl halides is 3. The molecule has 0 saturated carbocycles. The third kappa shape index (κ3) is 5.44. The highest BCUT2D eigenvalue weighted by molar-refractivity contribution is 6.05. The van der Waals surface area contributed by atoms with Crippen molar-refractivity contribution >= 4 is 17.5 Å². The van der Waals surface area contributed by atoms with Crippen LogP contribution in [0, 0.1) is 0 Å². The monoisotopic (exact) mass is 398 g/mol. The fraction of sp³-hybridized carbons (Fsp3) is 0.0909. The second-order valence-electron chi connectivity index (χ2n) is 6.28. The number of hydrogen-bond donors (Lipinski definition) is 2. The van der Waals surface area contributed by atoms with Gasteiger partial charge in [0, 0.05) is 23.4 Å². The Morgan fingerprint density at radius 3 is 2.00 bits per heavy atom. The molecule has 0 spiro atoms. The molecule has 0 atom stereocenters. The zero-order chi connectivity index (χ0) is 20.9. The van der Waals surface area contributed by atoms with Gasteiger partial charge in [-0.15, -0.1) is 0 Å². The first-order valence-electron chi connectivity index (χ1n) is 8.74. The highest BCUT2D eigenvalue weighted by Gasteiger charge is 2.30. The van der Waals surface area contributed by atoms with E-state index < -0.39 is 17.6 Å². The van der Waals surface area contributed by atoms with E-state index in [1.165, 1.54) is 36.4 Å². The van der Waals surface area contributed by atoms with Crippen molar-refractivity contribution in [2.45, 2.75) is 12.7 Å². The minimum atomic E-state index is -4.49. The maximum absolute atomic E-state index is 12.8. The van der Waals surface area contributed by atoms with Gasteiger partial charge in [0.05, 0.1) is 5.56 Å². The zero-order valence-electron chi connectivity index (χ0n) is 15.2. The Balaban J connectivity index is 1.62. The molecule has 0 aliphatic carbocycles. The van der Waals surface area contributed by atoms with Gasteiger partial charge in [-0.3, -0.25) is 9.59 Å². The van der Waals surface area contributed by atoms with Crippen LogP contribution in [0.25, 0.3) is 0 Å². The number of anilines is 1. The maximum Gasteiger partial charge on any atom is 0.416 e. The zero-order valence-corrected chi connectivity index (χ0v) is 15.2. The number of benzene rings is 3. The molecule has 2 amide bonds. The minimum Gasteiger partial charge on any atom is -0.348 e. The third-order valence-corrected chi connectivity index (χ3v) is 4.15. The summed E-state index contributed by atoms with van der Waals surface area (Å²) in [6, 6.07) is 19.7. The van der Waals surface area contributed by atoms with Gasteiger partial charge in [-0.25, -0.2) is 0 Å². The topological polar surface area (TPSA) is 58.2 Å². The largest absolute Gasteiger partial charge is 0.416 e. The lowest BCUT2D eigenvalue weighted by molar-refractivity contribution is -0.137. The Morgan fingerprint density at radius 1 is 0.759 bits per heavy atom. The number of carbonyl (C=O) groups is 2. The van der Waals surface area contributed by atoms with Gasteiger partial charge < -0.3 is 10.6 Å². The van der Waals surface area contributed by atoms with E-state index in [1.807, 2.05) is 30.3 Å². The molecule has 148 valence electrons. The Morgan fingerprint density at radius 2 is 1.38 bits per heavy atom. The van der Waals surface area contributed by atoms with Crippen LogP contribution < -0.4 is 10.6 Å². The third-order valence-electron chi connectivity index (χ3n) is 4.15. The summed E-state index contributed by atoms with van der Waals surface area (Å²) in [6.45, 7) is 0.372. The molecule has 0 aliphatic rings. The molecular formula is C22H17F3N2O2. The lowest BCUT2D eigenvalue weighted by Crippen LogP contribution is -2.22. The summed E-state index contributed by atoms with van der Waals surface area (Å²) < 4.78 is 38.3. The molecule has 0 fully saturated rings. The molecule has 4 nitrogen and oxygen atoms in total. The van der Waals surface area contributed by atoms with Crippen LogP contribution in [0.1, 0.15) is 31.8 Å². The first-order chi connectivity index (χ1) is 13.8. The quantitative estimate of drug-likeness (QED) is 0.643. The number of nitrogens with one attached hydrogen (secondary N) is 2. The molecule has 0 heterocycles. The predicted molar refractivity (Wildman–Crippen MR) is 103 cm³/mol. The van der Waals surface area contributed by atoms with E-state index in [0.717, 1.165) is 17.7 Å². The van der Waals surface area contributed by atoms with Crippen molar-refractivity contribution in [3.8, 4) is 0 Å². The lowest BCUT2D eigenvalue weighted by atomic mass is 10.1. The van der Waals surface area contributed by atoms with Gasteiger partial charge >= 0.3 is 6.18 Å². The van der Waals surface area contributed by atoms with Crippen LogP contribution in [0.4, 0.5) is 18.9 Å². The summed E-state index contributed by atoms with van der Waals surface area (Å²) in [5, 5.41) is 5.20. The molecule has 0 bridgehead atoms. The first kappa shape index (κ1) is 20.1. The second kappa shape index (κ2) is 8.60. The van der Waals surface area contributed by atoms with Crippen LogP contribution in [-0.4, -0.2) is 11.8 Å². The van der Waals surface area contributed by atoms with E-state index >= 15 is 0 Å². The number of rotatable bonds is 5. The van der Waals surface area contributed by atoms with Gasteiger partial charge in [-0.05, 0) is 48.0 Å². The van der Waals surface area contributed by atoms with Gasteiger partial charge in [0.15, 0.2) is 0 Å². The van der Waals surface area contributed by atoms with Gasteiger partial charge in [-0.2, -0.15) is 13.2 Å². The molecule has 2 N–H and O–H groups in total. The predicted octanol–water partition coefficient (Wildman–Crippen LogP) is 4.89.